The van der Waals surface area contributed by atoms with Gasteiger partial charge in [-0.15, -0.1) is 0 Å². The first-order valence-corrected chi connectivity index (χ1v) is 7.18. The SMILES string of the molecule is N#Cc1cccc(NS(=O)(=O)C2CCCC2)c1. The molecule has 1 aromatic rings. The zero-order chi connectivity index (χ0) is 12.3. The minimum Gasteiger partial charge on any atom is -0.283 e. The Bertz CT molecular complexity index is 540. The average molecular weight is 250 g/mol. The number of hydrogen-bond donors (Lipinski definition) is 1. The van der Waals surface area contributed by atoms with E-state index in [0.717, 1.165) is 25.7 Å². The lowest BCUT2D eigenvalue weighted by Crippen LogP contribution is -2.25. The van der Waals surface area contributed by atoms with Crippen LogP contribution in [0.15, 0.2) is 24.3 Å². The summed E-state index contributed by atoms with van der Waals surface area (Å²) in [5.41, 5.74) is 0.924. The highest BCUT2D eigenvalue weighted by Gasteiger charge is 2.28. The molecule has 1 aliphatic rings. The molecule has 1 aliphatic carbocycles. The molecule has 0 aliphatic heterocycles. The lowest BCUT2D eigenvalue weighted by atomic mass is 10.2. The predicted octanol–water partition coefficient (Wildman–Crippen LogP) is 2.24. The fourth-order valence-corrected chi connectivity index (χ4v) is 3.67. The molecule has 0 aromatic heterocycles. The van der Waals surface area contributed by atoms with Crippen LogP contribution in [-0.4, -0.2) is 13.7 Å². The quantitative estimate of drug-likeness (QED) is 0.894. The Balaban J connectivity index is 2.17. The van der Waals surface area contributed by atoms with Crippen molar-refractivity contribution in [1.82, 2.24) is 0 Å². The third kappa shape index (κ3) is 2.77. The van der Waals surface area contributed by atoms with Crippen LogP contribution in [-0.2, 0) is 10.0 Å². The van der Waals surface area contributed by atoms with Crippen molar-refractivity contribution in [2.24, 2.45) is 0 Å². The molecule has 0 atom stereocenters. The molecule has 1 fully saturated rings. The van der Waals surface area contributed by atoms with Crippen LogP contribution in [0.2, 0.25) is 0 Å². The van der Waals surface area contributed by atoms with Gasteiger partial charge in [-0.05, 0) is 31.0 Å². The molecule has 0 radical (unpaired) electrons. The molecule has 1 N–H and O–H groups in total. The standard InChI is InChI=1S/C12H14N2O2S/c13-9-10-4-3-5-11(8-10)14-17(15,16)12-6-1-2-7-12/h3-5,8,12,14H,1-2,6-7H2. The smallest absolute Gasteiger partial charge is 0.235 e. The van der Waals surface area contributed by atoms with Gasteiger partial charge in [-0.3, -0.25) is 4.72 Å². The van der Waals surface area contributed by atoms with E-state index in [4.69, 9.17) is 5.26 Å². The van der Waals surface area contributed by atoms with Crippen molar-refractivity contribution in [2.75, 3.05) is 4.72 Å². The Morgan fingerprint density at radius 2 is 2.00 bits per heavy atom. The van der Waals surface area contributed by atoms with Crippen LogP contribution in [0.1, 0.15) is 31.2 Å². The molecule has 0 saturated heterocycles. The molecule has 4 nitrogen and oxygen atoms in total. The van der Waals surface area contributed by atoms with Crippen LogP contribution in [0.3, 0.4) is 0 Å². The van der Waals surface area contributed by atoms with Gasteiger partial charge in [-0.2, -0.15) is 5.26 Å². The number of sulfonamides is 1. The minimum atomic E-state index is -3.30. The van der Waals surface area contributed by atoms with Gasteiger partial charge in [0.15, 0.2) is 0 Å². The summed E-state index contributed by atoms with van der Waals surface area (Å²) in [6.45, 7) is 0. The number of nitriles is 1. The van der Waals surface area contributed by atoms with E-state index >= 15 is 0 Å². The van der Waals surface area contributed by atoms with E-state index in [9.17, 15) is 8.42 Å². The fourth-order valence-electron chi connectivity index (χ4n) is 2.10. The maximum absolute atomic E-state index is 12.0. The van der Waals surface area contributed by atoms with Crippen molar-refractivity contribution < 1.29 is 8.42 Å². The van der Waals surface area contributed by atoms with E-state index in [1.54, 1.807) is 24.3 Å². The summed E-state index contributed by atoms with van der Waals surface area (Å²) in [6, 6.07) is 8.51. The molecule has 5 heteroatoms. The Kier molecular flexibility index (Phi) is 3.34. The van der Waals surface area contributed by atoms with Crippen LogP contribution in [0.4, 0.5) is 5.69 Å². The first kappa shape index (κ1) is 11.9. The molecule has 90 valence electrons. The minimum absolute atomic E-state index is 0.284. The maximum atomic E-state index is 12.0. The highest BCUT2D eigenvalue weighted by atomic mass is 32.2. The Morgan fingerprint density at radius 3 is 2.65 bits per heavy atom. The Labute approximate surface area is 101 Å². The van der Waals surface area contributed by atoms with Gasteiger partial charge in [0.05, 0.1) is 16.9 Å². The molecule has 1 saturated carbocycles. The first-order chi connectivity index (χ1) is 8.12. The van der Waals surface area contributed by atoms with Gasteiger partial charge in [0.1, 0.15) is 0 Å². The molecule has 0 amide bonds. The van der Waals surface area contributed by atoms with Crippen molar-refractivity contribution in [3.63, 3.8) is 0 Å². The molecule has 0 unspecified atom stereocenters. The maximum Gasteiger partial charge on any atom is 0.235 e. The molecule has 0 heterocycles. The number of nitrogens with one attached hydrogen (secondary N) is 1. The number of benzene rings is 1. The van der Waals surface area contributed by atoms with Gasteiger partial charge >= 0.3 is 0 Å². The lowest BCUT2D eigenvalue weighted by Gasteiger charge is -2.13. The van der Waals surface area contributed by atoms with E-state index in [-0.39, 0.29) is 5.25 Å². The summed E-state index contributed by atoms with van der Waals surface area (Å²) < 4.78 is 26.6. The van der Waals surface area contributed by atoms with Gasteiger partial charge in [-0.25, -0.2) is 8.42 Å². The largest absolute Gasteiger partial charge is 0.283 e. The summed E-state index contributed by atoms with van der Waals surface area (Å²) in [6.07, 6.45) is 3.41. The predicted molar refractivity (Wildman–Crippen MR) is 66.0 cm³/mol. The highest BCUT2D eigenvalue weighted by molar-refractivity contribution is 7.93. The van der Waals surface area contributed by atoms with E-state index in [1.165, 1.54) is 0 Å². The van der Waals surface area contributed by atoms with E-state index < -0.39 is 10.0 Å². The second-order valence-electron chi connectivity index (χ2n) is 4.25. The van der Waals surface area contributed by atoms with Crippen LogP contribution in [0, 0.1) is 11.3 Å². The summed E-state index contributed by atoms with van der Waals surface area (Å²) in [5.74, 6) is 0. The summed E-state index contributed by atoms with van der Waals surface area (Å²) in [5, 5.41) is 8.46. The van der Waals surface area contributed by atoms with Crippen LogP contribution >= 0.6 is 0 Å². The monoisotopic (exact) mass is 250 g/mol. The molecule has 0 bridgehead atoms. The highest BCUT2D eigenvalue weighted by Crippen LogP contribution is 2.26. The Hall–Kier alpha value is -1.54. The molecular formula is C12H14N2O2S. The van der Waals surface area contributed by atoms with E-state index in [2.05, 4.69) is 4.72 Å². The second-order valence-corrected chi connectivity index (χ2v) is 6.21. The number of nitrogens with zero attached hydrogens (tertiary/aromatic N) is 1. The summed E-state index contributed by atoms with van der Waals surface area (Å²) in [4.78, 5) is 0. The van der Waals surface area contributed by atoms with Gasteiger partial charge in [-0.1, -0.05) is 18.9 Å². The van der Waals surface area contributed by atoms with E-state index in [0.29, 0.717) is 11.3 Å². The van der Waals surface area contributed by atoms with Crippen molar-refractivity contribution in [1.29, 1.82) is 5.26 Å². The Morgan fingerprint density at radius 1 is 1.29 bits per heavy atom. The zero-order valence-electron chi connectivity index (χ0n) is 9.39. The first-order valence-electron chi connectivity index (χ1n) is 5.63. The second kappa shape index (κ2) is 4.76. The van der Waals surface area contributed by atoms with Crippen LogP contribution in [0.25, 0.3) is 0 Å². The topological polar surface area (TPSA) is 70.0 Å². The lowest BCUT2D eigenvalue weighted by molar-refractivity contribution is 0.585. The molecular weight excluding hydrogens is 236 g/mol. The average Bonchev–Trinajstić information content (AvgIpc) is 2.83. The fraction of sp³-hybridized carbons (Fsp3) is 0.417. The van der Waals surface area contributed by atoms with Crippen LogP contribution in [0.5, 0.6) is 0 Å². The summed E-state index contributed by atoms with van der Waals surface area (Å²) in [7, 11) is -3.30. The van der Waals surface area contributed by atoms with Gasteiger partial charge in [0, 0.05) is 5.69 Å². The van der Waals surface area contributed by atoms with Gasteiger partial charge in [0.2, 0.25) is 10.0 Å². The molecule has 2 rings (SSSR count). The number of anilines is 1. The molecule has 17 heavy (non-hydrogen) atoms. The number of rotatable bonds is 3. The third-order valence-corrected chi connectivity index (χ3v) is 4.86. The molecule has 1 aromatic carbocycles. The zero-order valence-corrected chi connectivity index (χ0v) is 10.2. The summed E-state index contributed by atoms with van der Waals surface area (Å²) >= 11 is 0. The van der Waals surface area contributed by atoms with Crippen molar-refractivity contribution in [2.45, 2.75) is 30.9 Å². The molecule has 0 spiro atoms. The van der Waals surface area contributed by atoms with E-state index in [1.807, 2.05) is 6.07 Å². The van der Waals surface area contributed by atoms with Crippen molar-refractivity contribution in [3.8, 4) is 6.07 Å². The number of hydrogen-bond acceptors (Lipinski definition) is 3. The van der Waals surface area contributed by atoms with Crippen molar-refractivity contribution in [3.05, 3.63) is 29.8 Å². The van der Waals surface area contributed by atoms with Crippen molar-refractivity contribution >= 4 is 15.7 Å². The van der Waals surface area contributed by atoms with Gasteiger partial charge < -0.3 is 0 Å². The normalized spacial score (nSPS) is 16.6. The van der Waals surface area contributed by atoms with Gasteiger partial charge in [0.25, 0.3) is 0 Å². The third-order valence-electron chi connectivity index (χ3n) is 2.99. The van der Waals surface area contributed by atoms with Crippen LogP contribution < -0.4 is 4.72 Å².